The summed E-state index contributed by atoms with van der Waals surface area (Å²) in [4.78, 5) is 34.2. The van der Waals surface area contributed by atoms with Gasteiger partial charge < -0.3 is 4.90 Å². The Hall–Kier alpha value is -2.79. The molecule has 2 saturated heterocycles. The van der Waals surface area contributed by atoms with Gasteiger partial charge in [0.05, 0.1) is 18.5 Å². The summed E-state index contributed by atoms with van der Waals surface area (Å²) in [5.41, 5.74) is 3.70. The first-order chi connectivity index (χ1) is 13.6. The van der Waals surface area contributed by atoms with Crippen LogP contribution in [-0.4, -0.2) is 49.0 Å². The quantitative estimate of drug-likeness (QED) is 0.775. The highest BCUT2D eigenvalue weighted by molar-refractivity contribution is 6.01. The standard InChI is InChI=1S/C23H23N3O2/c27-21(17-4-2-1-3-5-17)15-25-10-8-23(16-25)9-11-26(22(23)28)20-7-6-18-13-24-14-19(18)12-20/h1-7,12,14H,8-11,13,15-16H2/t23-/m0/s1. The molecule has 1 spiro atoms. The number of hydrogen-bond donors (Lipinski definition) is 0. The lowest BCUT2D eigenvalue weighted by Crippen LogP contribution is -2.38. The van der Waals surface area contributed by atoms with Crippen molar-refractivity contribution < 1.29 is 9.59 Å². The largest absolute Gasteiger partial charge is 0.312 e. The molecule has 28 heavy (non-hydrogen) atoms. The minimum Gasteiger partial charge on any atom is -0.312 e. The third kappa shape index (κ3) is 2.87. The van der Waals surface area contributed by atoms with Gasteiger partial charge in [-0.05, 0) is 42.6 Å². The summed E-state index contributed by atoms with van der Waals surface area (Å²) in [5, 5.41) is 0. The first kappa shape index (κ1) is 17.3. The van der Waals surface area contributed by atoms with Crippen LogP contribution in [0.5, 0.6) is 0 Å². The van der Waals surface area contributed by atoms with Crippen LogP contribution in [-0.2, 0) is 11.3 Å². The summed E-state index contributed by atoms with van der Waals surface area (Å²) in [6.45, 7) is 3.34. The number of carbonyl (C=O) groups excluding carboxylic acids is 2. The van der Waals surface area contributed by atoms with Crippen molar-refractivity contribution in [2.24, 2.45) is 10.4 Å². The molecule has 0 saturated carbocycles. The number of amides is 1. The molecule has 5 nitrogen and oxygen atoms in total. The summed E-state index contributed by atoms with van der Waals surface area (Å²) in [5.74, 6) is 0.329. The molecule has 0 aromatic heterocycles. The number of fused-ring (bicyclic) bond motifs is 1. The molecule has 0 unspecified atom stereocenters. The molecule has 5 heteroatoms. The number of rotatable bonds is 4. The molecule has 2 aromatic carbocycles. The van der Waals surface area contributed by atoms with Crippen molar-refractivity contribution in [2.75, 3.05) is 31.1 Å². The van der Waals surface area contributed by atoms with E-state index in [1.807, 2.05) is 47.5 Å². The van der Waals surface area contributed by atoms with Gasteiger partial charge in [0.2, 0.25) is 5.91 Å². The van der Waals surface area contributed by atoms with Crippen LogP contribution >= 0.6 is 0 Å². The van der Waals surface area contributed by atoms with Crippen molar-refractivity contribution in [2.45, 2.75) is 19.4 Å². The molecule has 1 atom stereocenters. The van der Waals surface area contributed by atoms with Crippen molar-refractivity contribution in [3.05, 3.63) is 65.2 Å². The maximum Gasteiger partial charge on any atom is 0.234 e. The highest BCUT2D eigenvalue weighted by atomic mass is 16.2. The highest BCUT2D eigenvalue weighted by Crippen LogP contribution is 2.42. The van der Waals surface area contributed by atoms with E-state index in [1.54, 1.807) is 0 Å². The monoisotopic (exact) mass is 373 g/mol. The molecule has 0 radical (unpaired) electrons. The maximum absolute atomic E-state index is 13.3. The van der Waals surface area contributed by atoms with Crippen molar-refractivity contribution in [3.8, 4) is 0 Å². The fraction of sp³-hybridized carbons (Fsp3) is 0.348. The molecular formula is C23H23N3O2. The molecule has 5 rings (SSSR count). The van der Waals surface area contributed by atoms with Crippen LogP contribution in [0.1, 0.15) is 34.3 Å². The van der Waals surface area contributed by atoms with E-state index in [-0.39, 0.29) is 17.1 Å². The Balaban J connectivity index is 1.29. The van der Waals surface area contributed by atoms with E-state index in [0.717, 1.165) is 49.3 Å². The number of nitrogens with zero attached hydrogens (tertiary/aromatic N) is 3. The third-order valence-electron chi connectivity index (χ3n) is 6.34. The van der Waals surface area contributed by atoms with E-state index in [0.29, 0.717) is 13.1 Å². The van der Waals surface area contributed by atoms with Crippen molar-refractivity contribution >= 4 is 23.6 Å². The lowest BCUT2D eigenvalue weighted by molar-refractivity contribution is -0.125. The van der Waals surface area contributed by atoms with Crippen LogP contribution in [0.15, 0.2) is 53.5 Å². The number of benzene rings is 2. The zero-order valence-corrected chi connectivity index (χ0v) is 15.8. The zero-order valence-electron chi connectivity index (χ0n) is 15.8. The Bertz CT molecular complexity index is 969. The first-order valence-electron chi connectivity index (χ1n) is 9.90. The summed E-state index contributed by atoms with van der Waals surface area (Å²) in [6.07, 6.45) is 3.57. The molecule has 3 heterocycles. The second kappa shape index (κ2) is 6.67. The fourth-order valence-electron chi connectivity index (χ4n) is 4.71. The molecule has 0 bridgehead atoms. The van der Waals surface area contributed by atoms with Crippen molar-refractivity contribution in [1.29, 1.82) is 0 Å². The number of likely N-dealkylation sites (tertiary alicyclic amines) is 1. The van der Waals surface area contributed by atoms with Gasteiger partial charge in [-0.3, -0.25) is 19.5 Å². The average Bonchev–Trinajstić information content (AvgIpc) is 3.43. The average molecular weight is 373 g/mol. The first-order valence-corrected chi connectivity index (χ1v) is 9.90. The summed E-state index contributed by atoms with van der Waals surface area (Å²) < 4.78 is 0. The van der Waals surface area contributed by atoms with E-state index in [2.05, 4.69) is 22.0 Å². The van der Waals surface area contributed by atoms with Crippen LogP contribution in [0, 0.1) is 5.41 Å². The lowest BCUT2D eigenvalue weighted by atomic mass is 9.85. The minimum atomic E-state index is -0.343. The topological polar surface area (TPSA) is 53.0 Å². The van der Waals surface area contributed by atoms with Gasteiger partial charge in [-0.25, -0.2) is 0 Å². The third-order valence-corrected chi connectivity index (χ3v) is 6.34. The van der Waals surface area contributed by atoms with Crippen LogP contribution < -0.4 is 4.90 Å². The molecular weight excluding hydrogens is 350 g/mol. The van der Waals surface area contributed by atoms with Crippen LogP contribution in [0.3, 0.4) is 0 Å². The predicted molar refractivity (Wildman–Crippen MR) is 109 cm³/mol. The summed E-state index contributed by atoms with van der Waals surface area (Å²) in [7, 11) is 0. The molecule has 2 fully saturated rings. The van der Waals surface area contributed by atoms with Crippen LogP contribution in [0.4, 0.5) is 5.69 Å². The Morgan fingerprint density at radius 2 is 1.89 bits per heavy atom. The van der Waals surface area contributed by atoms with Gasteiger partial charge in [0.25, 0.3) is 0 Å². The van der Waals surface area contributed by atoms with Gasteiger partial charge in [0.1, 0.15) is 0 Å². The van der Waals surface area contributed by atoms with Crippen molar-refractivity contribution in [3.63, 3.8) is 0 Å². The maximum atomic E-state index is 13.3. The second-order valence-electron chi connectivity index (χ2n) is 8.09. The number of carbonyl (C=O) groups is 2. The molecule has 2 aromatic rings. The smallest absolute Gasteiger partial charge is 0.234 e. The molecule has 0 N–H and O–H groups in total. The Labute approximate surface area is 164 Å². The summed E-state index contributed by atoms with van der Waals surface area (Å²) in [6, 6.07) is 15.6. The predicted octanol–water partition coefficient (Wildman–Crippen LogP) is 2.93. The second-order valence-corrected chi connectivity index (χ2v) is 8.09. The molecule has 3 aliphatic rings. The Kier molecular flexibility index (Phi) is 4.13. The number of hydrogen-bond acceptors (Lipinski definition) is 4. The van der Waals surface area contributed by atoms with E-state index in [1.165, 1.54) is 5.56 Å². The van der Waals surface area contributed by atoms with Gasteiger partial charge in [-0.1, -0.05) is 36.4 Å². The van der Waals surface area contributed by atoms with Crippen LogP contribution in [0.25, 0.3) is 0 Å². The lowest BCUT2D eigenvalue weighted by Gasteiger charge is -2.24. The molecule has 3 aliphatic heterocycles. The van der Waals surface area contributed by atoms with Gasteiger partial charge in [0, 0.05) is 30.6 Å². The molecule has 1 amide bonds. The van der Waals surface area contributed by atoms with E-state index in [9.17, 15) is 9.59 Å². The van der Waals surface area contributed by atoms with Gasteiger partial charge in [-0.2, -0.15) is 0 Å². The van der Waals surface area contributed by atoms with Crippen molar-refractivity contribution in [1.82, 2.24) is 4.90 Å². The fourth-order valence-corrected chi connectivity index (χ4v) is 4.71. The van der Waals surface area contributed by atoms with E-state index >= 15 is 0 Å². The summed E-state index contributed by atoms with van der Waals surface area (Å²) >= 11 is 0. The molecule has 142 valence electrons. The number of ketones is 1. The SMILES string of the molecule is O=C(CN1CC[C@]2(CCN(c3ccc4c(c3)C=NC4)C2=O)C1)c1ccccc1. The number of aliphatic imine (C=N–C) groups is 1. The number of Topliss-reactive ketones (excluding diaryl/α,β-unsaturated/α-hetero) is 1. The normalized spacial score (nSPS) is 23.7. The zero-order chi connectivity index (χ0) is 19.1. The van der Waals surface area contributed by atoms with E-state index in [4.69, 9.17) is 0 Å². The minimum absolute atomic E-state index is 0.123. The molecule has 0 aliphatic carbocycles. The Morgan fingerprint density at radius 3 is 2.75 bits per heavy atom. The van der Waals surface area contributed by atoms with Crippen LogP contribution in [0.2, 0.25) is 0 Å². The van der Waals surface area contributed by atoms with Gasteiger partial charge in [-0.15, -0.1) is 0 Å². The highest BCUT2D eigenvalue weighted by Gasteiger charge is 2.51. The number of anilines is 1. The van der Waals surface area contributed by atoms with Gasteiger partial charge in [0.15, 0.2) is 5.78 Å². The van der Waals surface area contributed by atoms with Gasteiger partial charge >= 0.3 is 0 Å². The Morgan fingerprint density at radius 1 is 1.07 bits per heavy atom. The van der Waals surface area contributed by atoms with E-state index < -0.39 is 0 Å².